The molecule has 0 atom stereocenters. The molecular weight excluding hydrogens is 611 g/mol. The Balaban J connectivity index is 1.31. The first-order valence-corrected chi connectivity index (χ1v) is 13.1. The zero-order valence-corrected chi connectivity index (χ0v) is 23.1. The Morgan fingerprint density at radius 1 is 1.00 bits per heavy atom. The molecule has 0 fully saturated rings. The number of halogens is 1. The van der Waals surface area contributed by atoms with Gasteiger partial charge in [-0.05, 0) is 69.1 Å². The van der Waals surface area contributed by atoms with Crippen LogP contribution in [-0.2, 0) is 17.0 Å². The van der Waals surface area contributed by atoms with Crippen molar-refractivity contribution in [2.24, 2.45) is 5.10 Å². The van der Waals surface area contributed by atoms with E-state index in [9.17, 15) is 9.90 Å². The number of benzene rings is 4. The number of nitrogens with zero attached hydrogens (tertiary/aromatic N) is 1. The van der Waals surface area contributed by atoms with Crippen LogP contribution in [0.15, 0.2) is 96.1 Å². The SMILES string of the molecule is COc1cc(/C=N\NC(=O)C(O)(c2ccccc2)c2ccccc2)cc(I)c1OCc1ccc2c(c1)OCO2. The van der Waals surface area contributed by atoms with Crippen LogP contribution >= 0.6 is 22.6 Å². The fourth-order valence-corrected chi connectivity index (χ4v) is 4.96. The number of carbonyl (C=O) groups is 1. The summed E-state index contributed by atoms with van der Waals surface area (Å²) < 4.78 is 23.2. The Kier molecular flexibility index (Phi) is 7.99. The molecule has 4 aromatic rings. The molecule has 0 aromatic heterocycles. The van der Waals surface area contributed by atoms with Gasteiger partial charge < -0.3 is 24.1 Å². The molecule has 0 bridgehead atoms. The predicted octanol–water partition coefficient (Wildman–Crippen LogP) is 4.99. The summed E-state index contributed by atoms with van der Waals surface area (Å²) in [4.78, 5) is 13.3. The summed E-state index contributed by atoms with van der Waals surface area (Å²) in [6.45, 7) is 0.524. The van der Waals surface area contributed by atoms with E-state index in [0.717, 1.165) is 9.13 Å². The summed E-state index contributed by atoms with van der Waals surface area (Å²) in [6.07, 6.45) is 1.49. The number of carbonyl (C=O) groups excluding carboxylic acids is 1. The summed E-state index contributed by atoms with van der Waals surface area (Å²) in [7, 11) is 1.56. The molecular formula is C30H25IN2O6. The molecule has 0 aliphatic carbocycles. The van der Waals surface area contributed by atoms with Gasteiger partial charge >= 0.3 is 0 Å². The molecule has 4 aromatic carbocycles. The number of rotatable bonds is 9. The zero-order chi connectivity index (χ0) is 27.2. The molecule has 2 N–H and O–H groups in total. The van der Waals surface area contributed by atoms with Crippen molar-refractivity contribution in [1.82, 2.24) is 5.43 Å². The minimum Gasteiger partial charge on any atom is -0.493 e. The van der Waals surface area contributed by atoms with Gasteiger partial charge in [-0.15, -0.1) is 0 Å². The largest absolute Gasteiger partial charge is 0.493 e. The van der Waals surface area contributed by atoms with E-state index in [4.69, 9.17) is 18.9 Å². The predicted molar refractivity (Wildman–Crippen MR) is 154 cm³/mol. The highest BCUT2D eigenvalue weighted by Crippen LogP contribution is 2.36. The average Bonchev–Trinajstić information content (AvgIpc) is 3.45. The second-order valence-corrected chi connectivity index (χ2v) is 9.81. The van der Waals surface area contributed by atoms with Gasteiger partial charge in [-0.2, -0.15) is 5.10 Å². The van der Waals surface area contributed by atoms with Crippen LogP contribution < -0.4 is 24.4 Å². The third kappa shape index (κ3) is 5.69. The van der Waals surface area contributed by atoms with Crippen molar-refractivity contribution in [2.45, 2.75) is 12.2 Å². The maximum atomic E-state index is 13.3. The minimum absolute atomic E-state index is 0.215. The van der Waals surface area contributed by atoms with Crippen LogP contribution in [0.3, 0.4) is 0 Å². The van der Waals surface area contributed by atoms with Crippen molar-refractivity contribution >= 4 is 34.7 Å². The number of hydrogen-bond donors (Lipinski definition) is 2. The molecule has 0 radical (unpaired) electrons. The normalized spacial score (nSPS) is 12.4. The second kappa shape index (κ2) is 11.7. The van der Waals surface area contributed by atoms with Gasteiger partial charge in [0.05, 0.1) is 16.9 Å². The molecule has 5 rings (SSSR count). The van der Waals surface area contributed by atoms with E-state index < -0.39 is 11.5 Å². The molecule has 9 heteroatoms. The number of nitrogens with one attached hydrogen (secondary N) is 1. The number of hydrazone groups is 1. The fraction of sp³-hybridized carbons (Fsp3) is 0.133. The summed E-state index contributed by atoms with van der Waals surface area (Å²) >= 11 is 2.16. The lowest BCUT2D eigenvalue weighted by molar-refractivity contribution is -0.136. The van der Waals surface area contributed by atoms with Crippen molar-refractivity contribution < 1.29 is 28.8 Å². The van der Waals surface area contributed by atoms with Crippen LogP contribution in [0.2, 0.25) is 0 Å². The van der Waals surface area contributed by atoms with Crippen molar-refractivity contribution in [3.05, 3.63) is 117 Å². The van der Waals surface area contributed by atoms with Gasteiger partial charge in [-0.1, -0.05) is 66.7 Å². The second-order valence-electron chi connectivity index (χ2n) is 8.65. The smallest absolute Gasteiger partial charge is 0.281 e. The van der Waals surface area contributed by atoms with Gasteiger partial charge in [0, 0.05) is 0 Å². The molecule has 1 aliphatic rings. The van der Waals surface area contributed by atoms with Crippen LogP contribution in [0, 0.1) is 3.57 Å². The number of hydrogen-bond acceptors (Lipinski definition) is 7. The summed E-state index contributed by atoms with van der Waals surface area (Å²) in [5, 5.41) is 15.7. The minimum atomic E-state index is -1.92. The lowest BCUT2D eigenvalue weighted by Crippen LogP contribution is -2.43. The van der Waals surface area contributed by atoms with E-state index in [1.54, 1.807) is 61.7 Å². The van der Waals surface area contributed by atoms with Crippen LogP contribution in [0.5, 0.6) is 23.0 Å². The first-order valence-electron chi connectivity index (χ1n) is 12.0. The standard InChI is InChI=1S/C30H25IN2O6/c1-36-27-16-21(14-24(31)28(27)37-18-20-12-13-25-26(15-20)39-19-38-25)17-32-33-29(34)30(35,22-8-4-2-5-9-22)23-10-6-3-7-11-23/h2-17,35H,18-19H2,1H3,(H,33,34)/b32-17-. The van der Waals surface area contributed by atoms with E-state index in [2.05, 4.69) is 33.1 Å². The summed E-state index contributed by atoms with van der Waals surface area (Å²) in [6, 6.07) is 26.8. The topological polar surface area (TPSA) is 98.6 Å². The van der Waals surface area contributed by atoms with E-state index in [1.807, 2.05) is 36.4 Å². The Morgan fingerprint density at radius 3 is 2.33 bits per heavy atom. The Labute approximate surface area is 239 Å². The quantitative estimate of drug-likeness (QED) is 0.153. The fourth-order valence-electron chi connectivity index (χ4n) is 4.17. The maximum absolute atomic E-state index is 13.3. The lowest BCUT2D eigenvalue weighted by atomic mass is 9.85. The molecule has 39 heavy (non-hydrogen) atoms. The van der Waals surface area contributed by atoms with Crippen molar-refractivity contribution in [1.29, 1.82) is 0 Å². The van der Waals surface area contributed by atoms with Crippen LogP contribution in [0.25, 0.3) is 0 Å². The zero-order valence-electron chi connectivity index (χ0n) is 21.0. The number of methoxy groups -OCH3 is 1. The van der Waals surface area contributed by atoms with E-state index in [1.165, 1.54) is 6.21 Å². The highest BCUT2D eigenvalue weighted by molar-refractivity contribution is 14.1. The van der Waals surface area contributed by atoms with Crippen LogP contribution in [0.4, 0.5) is 0 Å². The van der Waals surface area contributed by atoms with E-state index in [-0.39, 0.29) is 6.79 Å². The molecule has 0 saturated heterocycles. The van der Waals surface area contributed by atoms with Gasteiger partial charge in [-0.25, -0.2) is 5.43 Å². The first kappa shape index (κ1) is 26.5. The highest BCUT2D eigenvalue weighted by Gasteiger charge is 2.39. The number of fused-ring (bicyclic) bond motifs is 1. The molecule has 1 amide bonds. The Bertz CT molecular complexity index is 1460. The van der Waals surface area contributed by atoms with Gasteiger partial charge in [0.15, 0.2) is 28.6 Å². The highest BCUT2D eigenvalue weighted by atomic mass is 127. The third-order valence-electron chi connectivity index (χ3n) is 6.16. The molecule has 0 spiro atoms. The van der Waals surface area contributed by atoms with Gasteiger partial charge in [0.1, 0.15) is 6.61 Å². The Hall–Kier alpha value is -4.09. The molecule has 1 aliphatic heterocycles. The van der Waals surface area contributed by atoms with Crippen LogP contribution in [-0.4, -0.2) is 31.1 Å². The molecule has 0 unspecified atom stereocenters. The van der Waals surface area contributed by atoms with E-state index >= 15 is 0 Å². The van der Waals surface area contributed by atoms with Gasteiger partial charge in [0.25, 0.3) is 5.91 Å². The monoisotopic (exact) mass is 636 g/mol. The lowest BCUT2D eigenvalue weighted by Gasteiger charge is -2.27. The summed E-state index contributed by atoms with van der Waals surface area (Å²) in [5.41, 5.74) is 3.04. The molecule has 198 valence electrons. The molecule has 8 nitrogen and oxygen atoms in total. The number of amides is 1. The number of ether oxygens (including phenoxy) is 4. The van der Waals surface area contributed by atoms with Crippen molar-refractivity contribution in [2.75, 3.05) is 13.9 Å². The Morgan fingerprint density at radius 2 is 1.67 bits per heavy atom. The van der Waals surface area contributed by atoms with Crippen molar-refractivity contribution in [3.8, 4) is 23.0 Å². The summed E-state index contributed by atoms with van der Waals surface area (Å²) in [5.74, 6) is 1.83. The van der Waals surface area contributed by atoms with Crippen LogP contribution in [0.1, 0.15) is 22.3 Å². The van der Waals surface area contributed by atoms with E-state index in [0.29, 0.717) is 46.3 Å². The average molecular weight is 636 g/mol. The molecule has 0 saturated carbocycles. The number of aliphatic hydroxyl groups is 1. The van der Waals surface area contributed by atoms with Gasteiger partial charge in [-0.3, -0.25) is 4.79 Å². The maximum Gasteiger partial charge on any atom is 0.281 e. The third-order valence-corrected chi connectivity index (χ3v) is 6.96. The van der Waals surface area contributed by atoms with Gasteiger partial charge in [0.2, 0.25) is 6.79 Å². The van der Waals surface area contributed by atoms with Crippen molar-refractivity contribution in [3.63, 3.8) is 0 Å². The molecule has 1 heterocycles. The first-order chi connectivity index (χ1) is 19.0.